The van der Waals surface area contributed by atoms with Gasteiger partial charge in [-0.2, -0.15) is 30.7 Å². The summed E-state index contributed by atoms with van der Waals surface area (Å²) in [4.78, 5) is 0. The number of phosphoric acid groups is 1. The van der Waals surface area contributed by atoms with Crippen LogP contribution < -0.4 is 0 Å². The number of hydrogen-bond donors (Lipinski definition) is 0. The van der Waals surface area contributed by atoms with E-state index < -0.39 is 38.6 Å². The first-order chi connectivity index (χ1) is 8.31. The van der Waals surface area contributed by atoms with Crippen molar-refractivity contribution >= 4 is 7.82 Å². The van der Waals surface area contributed by atoms with Crippen molar-refractivity contribution < 1.29 is 48.9 Å². The van der Waals surface area contributed by atoms with Gasteiger partial charge in [0, 0.05) is 0 Å². The smallest absolute Gasteiger partial charge is 0.284 e. The fraction of sp³-hybridized carbons (Fsp3) is 1.00. The number of rotatable bonds is 4. The Labute approximate surface area is 102 Å². The standard InChI is InChI=1S/C7H8F7O4P/c1-4-2-16-19(15,18-4)17-3-5(8,9)6(10,11)7(12,13)14/h4H,2-3H2,1H3. The molecule has 1 aliphatic rings. The van der Waals surface area contributed by atoms with Crippen LogP contribution in [0.1, 0.15) is 6.92 Å². The average Bonchev–Trinajstić information content (AvgIpc) is 2.55. The highest BCUT2D eigenvalue weighted by atomic mass is 31.2. The van der Waals surface area contributed by atoms with E-state index in [2.05, 4.69) is 13.6 Å². The van der Waals surface area contributed by atoms with Gasteiger partial charge in [-0.3, -0.25) is 13.6 Å². The molecule has 2 atom stereocenters. The Balaban J connectivity index is 2.73. The van der Waals surface area contributed by atoms with E-state index >= 15 is 0 Å². The monoisotopic (exact) mass is 320 g/mol. The summed E-state index contributed by atoms with van der Waals surface area (Å²) in [6.45, 7) is -1.46. The van der Waals surface area contributed by atoms with Crippen molar-refractivity contribution in [2.24, 2.45) is 0 Å². The summed E-state index contributed by atoms with van der Waals surface area (Å²) in [5.41, 5.74) is 0. The fourth-order valence-electron chi connectivity index (χ4n) is 1.00. The lowest BCUT2D eigenvalue weighted by Gasteiger charge is -2.28. The predicted octanol–water partition coefficient (Wildman–Crippen LogP) is 3.38. The summed E-state index contributed by atoms with van der Waals surface area (Å²) in [5, 5.41) is 0. The summed E-state index contributed by atoms with van der Waals surface area (Å²) in [6.07, 6.45) is -7.29. The van der Waals surface area contributed by atoms with Crippen molar-refractivity contribution in [3.63, 3.8) is 0 Å². The lowest BCUT2D eigenvalue weighted by atomic mass is 10.2. The van der Waals surface area contributed by atoms with E-state index in [0.29, 0.717) is 0 Å². The maximum Gasteiger partial charge on any atom is 0.475 e. The van der Waals surface area contributed by atoms with Gasteiger partial charge in [-0.15, -0.1) is 0 Å². The normalized spacial score (nSPS) is 29.8. The van der Waals surface area contributed by atoms with Crippen LogP contribution in [0.5, 0.6) is 0 Å². The van der Waals surface area contributed by atoms with Crippen molar-refractivity contribution in [3.05, 3.63) is 0 Å². The Bertz CT molecular complexity index is 382. The molecule has 1 heterocycles. The molecule has 0 aromatic rings. The van der Waals surface area contributed by atoms with Crippen LogP contribution in [0.25, 0.3) is 0 Å². The van der Waals surface area contributed by atoms with Crippen LogP contribution in [-0.2, 0) is 18.1 Å². The van der Waals surface area contributed by atoms with E-state index in [1.807, 2.05) is 0 Å². The zero-order valence-electron chi connectivity index (χ0n) is 9.22. The van der Waals surface area contributed by atoms with Gasteiger partial charge < -0.3 is 0 Å². The molecule has 0 radical (unpaired) electrons. The highest BCUT2D eigenvalue weighted by Crippen LogP contribution is 2.57. The predicted molar refractivity (Wildman–Crippen MR) is 46.0 cm³/mol. The maximum absolute atomic E-state index is 12.8. The van der Waals surface area contributed by atoms with Gasteiger partial charge in [-0.05, 0) is 6.92 Å². The highest BCUT2D eigenvalue weighted by Gasteiger charge is 2.73. The topological polar surface area (TPSA) is 44.8 Å². The number of alkyl halides is 7. The van der Waals surface area contributed by atoms with E-state index in [0.717, 1.165) is 0 Å². The van der Waals surface area contributed by atoms with Crippen LogP contribution >= 0.6 is 7.82 Å². The Kier molecular flexibility index (Phi) is 4.27. The summed E-state index contributed by atoms with van der Waals surface area (Å²) in [5.74, 6) is -11.9. The van der Waals surface area contributed by atoms with Crippen LogP contribution in [0.2, 0.25) is 0 Å². The van der Waals surface area contributed by atoms with Gasteiger partial charge in [0.05, 0.1) is 12.7 Å². The van der Waals surface area contributed by atoms with E-state index in [9.17, 15) is 35.3 Å². The minimum absolute atomic E-state index is 0.321. The average molecular weight is 320 g/mol. The molecule has 0 bridgehead atoms. The molecule has 19 heavy (non-hydrogen) atoms. The molecule has 0 amide bonds. The summed E-state index contributed by atoms with van der Waals surface area (Å²) >= 11 is 0. The summed E-state index contributed by atoms with van der Waals surface area (Å²) < 4.78 is 110. The van der Waals surface area contributed by atoms with Crippen molar-refractivity contribution in [2.45, 2.75) is 31.0 Å². The van der Waals surface area contributed by atoms with Crippen molar-refractivity contribution in [3.8, 4) is 0 Å². The molecular formula is C7H8F7O4P. The van der Waals surface area contributed by atoms with Gasteiger partial charge in [0.1, 0.15) is 6.61 Å². The second-order valence-corrected chi connectivity index (χ2v) is 5.33. The van der Waals surface area contributed by atoms with E-state index in [-0.39, 0.29) is 6.61 Å². The molecule has 12 heteroatoms. The van der Waals surface area contributed by atoms with Gasteiger partial charge in [0.25, 0.3) is 0 Å². The maximum atomic E-state index is 12.8. The van der Waals surface area contributed by atoms with Crippen LogP contribution in [0.15, 0.2) is 0 Å². The number of halogens is 7. The molecular weight excluding hydrogens is 312 g/mol. The lowest BCUT2D eigenvalue weighted by molar-refractivity contribution is -0.358. The summed E-state index contributed by atoms with van der Waals surface area (Å²) in [6, 6.07) is 0. The van der Waals surface area contributed by atoms with Crippen LogP contribution in [0.3, 0.4) is 0 Å². The molecule has 2 unspecified atom stereocenters. The lowest BCUT2D eigenvalue weighted by Crippen LogP contribution is -2.54. The summed E-state index contributed by atoms with van der Waals surface area (Å²) in [7, 11) is -4.53. The van der Waals surface area contributed by atoms with Crippen LogP contribution in [-0.4, -0.2) is 37.3 Å². The largest absolute Gasteiger partial charge is 0.475 e. The number of hydrogen-bond acceptors (Lipinski definition) is 4. The fourth-order valence-corrected chi connectivity index (χ4v) is 2.41. The van der Waals surface area contributed by atoms with Crippen molar-refractivity contribution in [1.82, 2.24) is 0 Å². The molecule has 0 aromatic heterocycles. The first kappa shape index (κ1) is 16.7. The molecule has 1 rings (SSSR count). The Morgan fingerprint density at radius 3 is 2.11 bits per heavy atom. The van der Waals surface area contributed by atoms with Crippen molar-refractivity contribution in [2.75, 3.05) is 13.2 Å². The van der Waals surface area contributed by atoms with Crippen molar-refractivity contribution in [1.29, 1.82) is 0 Å². The van der Waals surface area contributed by atoms with E-state index in [1.54, 1.807) is 0 Å². The SMILES string of the molecule is CC1COP(=O)(OCC(F)(F)C(F)(F)C(F)(F)F)O1. The third-order valence-electron chi connectivity index (χ3n) is 2.00. The molecule has 1 saturated heterocycles. The van der Waals surface area contributed by atoms with Gasteiger partial charge in [0.2, 0.25) is 0 Å². The molecule has 1 fully saturated rings. The molecule has 0 aliphatic carbocycles. The molecule has 0 saturated carbocycles. The van der Waals surface area contributed by atoms with Gasteiger partial charge in [-0.25, -0.2) is 4.57 Å². The highest BCUT2D eigenvalue weighted by molar-refractivity contribution is 7.48. The molecule has 0 spiro atoms. The quantitative estimate of drug-likeness (QED) is 0.588. The Morgan fingerprint density at radius 2 is 1.74 bits per heavy atom. The molecule has 0 aromatic carbocycles. The van der Waals surface area contributed by atoms with Gasteiger partial charge >= 0.3 is 25.8 Å². The first-order valence-electron chi connectivity index (χ1n) is 4.71. The zero-order valence-corrected chi connectivity index (χ0v) is 10.1. The number of phosphoric ester groups is 1. The van der Waals surface area contributed by atoms with Gasteiger partial charge in [-0.1, -0.05) is 0 Å². The second-order valence-electron chi connectivity index (χ2n) is 3.71. The van der Waals surface area contributed by atoms with Crippen LogP contribution in [0.4, 0.5) is 30.7 Å². The second kappa shape index (κ2) is 4.87. The Morgan fingerprint density at radius 1 is 1.21 bits per heavy atom. The minimum atomic E-state index is -6.47. The molecule has 1 aliphatic heterocycles. The zero-order chi connectivity index (χ0) is 15.1. The Hall–Kier alpha value is -0.380. The van der Waals surface area contributed by atoms with E-state index in [1.165, 1.54) is 6.92 Å². The van der Waals surface area contributed by atoms with E-state index in [4.69, 9.17) is 0 Å². The molecule has 4 nitrogen and oxygen atoms in total. The van der Waals surface area contributed by atoms with Crippen LogP contribution in [0, 0.1) is 0 Å². The van der Waals surface area contributed by atoms with Gasteiger partial charge in [0.15, 0.2) is 0 Å². The first-order valence-corrected chi connectivity index (χ1v) is 6.17. The third kappa shape index (κ3) is 3.39. The molecule has 114 valence electrons. The molecule has 0 N–H and O–H groups in total. The minimum Gasteiger partial charge on any atom is -0.284 e. The third-order valence-corrected chi connectivity index (χ3v) is 3.52.